The summed E-state index contributed by atoms with van der Waals surface area (Å²) in [6.45, 7) is 8.94. The van der Waals surface area contributed by atoms with Gasteiger partial charge in [0.1, 0.15) is 23.4 Å². The summed E-state index contributed by atoms with van der Waals surface area (Å²) >= 11 is 0. The maximum Gasteiger partial charge on any atom is 0.350 e. The molecular weight excluding hydrogens is 516 g/mol. The van der Waals surface area contributed by atoms with Gasteiger partial charge in [0.2, 0.25) is 5.60 Å². The van der Waals surface area contributed by atoms with Crippen molar-refractivity contribution in [2.24, 2.45) is 0 Å². The van der Waals surface area contributed by atoms with Gasteiger partial charge in [0.05, 0.1) is 18.9 Å². The molecule has 0 radical (unpaired) electrons. The minimum absolute atomic E-state index is 0.280. The van der Waals surface area contributed by atoms with Crippen LogP contribution in [0.2, 0.25) is 0 Å². The van der Waals surface area contributed by atoms with Gasteiger partial charge in [0.25, 0.3) is 0 Å². The smallest absolute Gasteiger partial charge is 0.350 e. The normalized spacial score (nSPS) is 13.3. The maximum absolute atomic E-state index is 12.8. The van der Waals surface area contributed by atoms with E-state index in [0.717, 1.165) is 22.6 Å². The Balaban J connectivity index is 1.37. The van der Waals surface area contributed by atoms with Crippen molar-refractivity contribution in [2.45, 2.75) is 65.2 Å². The lowest BCUT2D eigenvalue weighted by Crippen LogP contribution is -2.45. The van der Waals surface area contributed by atoms with Crippen molar-refractivity contribution in [3.8, 4) is 11.5 Å². The zero-order valence-corrected chi connectivity index (χ0v) is 24.4. The van der Waals surface area contributed by atoms with Crippen molar-refractivity contribution in [2.75, 3.05) is 13.2 Å². The van der Waals surface area contributed by atoms with Crippen molar-refractivity contribution in [1.82, 2.24) is 9.55 Å². The van der Waals surface area contributed by atoms with E-state index in [0.29, 0.717) is 44.0 Å². The number of carbonyl (C=O) groups is 1. The van der Waals surface area contributed by atoms with Gasteiger partial charge >= 0.3 is 5.97 Å². The van der Waals surface area contributed by atoms with Gasteiger partial charge in [-0.3, -0.25) is 0 Å². The zero-order chi connectivity index (χ0) is 29.2. The lowest BCUT2D eigenvalue weighted by molar-refractivity contribution is -0.160. The molecule has 2 unspecified atom stereocenters. The second kappa shape index (κ2) is 14.0. The number of benzene rings is 3. The Morgan fingerprint density at radius 1 is 0.951 bits per heavy atom. The molecule has 1 heterocycles. The van der Waals surface area contributed by atoms with Crippen LogP contribution in [-0.4, -0.2) is 39.4 Å². The van der Waals surface area contributed by atoms with Gasteiger partial charge in [0.15, 0.2) is 0 Å². The van der Waals surface area contributed by atoms with Crippen LogP contribution in [0.4, 0.5) is 0 Å². The molecule has 0 saturated carbocycles. The van der Waals surface area contributed by atoms with Crippen molar-refractivity contribution >= 4 is 5.97 Å². The molecule has 216 valence electrons. The Hall–Kier alpha value is -4.10. The summed E-state index contributed by atoms with van der Waals surface area (Å²) in [4.78, 5) is 17.5. The largest absolute Gasteiger partial charge is 0.493 e. The van der Waals surface area contributed by atoms with E-state index in [2.05, 4.69) is 31.2 Å². The van der Waals surface area contributed by atoms with Gasteiger partial charge in [-0.05, 0) is 62.6 Å². The first-order chi connectivity index (χ1) is 19.8. The second-order valence-corrected chi connectivity index (χ2v) is 10.4. The Morgan fingerprint density at radius 2 is 1.63 bits per heavy atom. The molecule has 3 aromatic carbocycles. The molecule has 4 rings (SSSR count). The first kappa shape index (κ1) is 29.9. The second-order valence-electron chi connectivity index (χ2n) is 10.4. The van der Waals surface area contributed by atoms with Crippen LogP contribution < -0.4 is 9.47 Å². The molecule has 1 aromatic heterocycles. The number of rotatable bonds is 14. The average Bonchev–Trinajstić information content (AvgIpc) is 3.37. The number of aliphatic hydroxyl groups is 1. The Morgan fingerprint density at radius 3 is 2.29 bits per heavy atom. The van der Waals surface area contributed by atoms with Crippen molar-refractivity contribution in [3.05, 3.63) is 113 Å². The summed E-state index contributed by atoms with van der Waals surface area (Å²) in [5.74, 6) is 1.61. The third kappa shape index (κ3) is 8.21. The number of hydrogen-bond acceptors (Lipinski definition) is 6. The monoisotopic (exact) mass is 556 g/mol. The molecule has 0 aliphatic rings. The van der Waals surface area contributed by atoms with Crippen LogP contribution in [0.15, 0.2) is 85.1 Å². The molecule has 0 aliphatic carbocycles. The molecule has 41 heavy (non-hydrogen) atoms. The van der Waals surface area contributed by atoms with Gasteiger partial charge in [-0.1, -0.05) is 67.1 Å². The van der Waals surface area contributed by atoms with Crippen LogP contribution in [0, 0.1) is 6.92 Å². The van der Waals surface area contributed by atoms with Crippen LogP contribution in [0.25, 0.3) is 0 Å². The molecule has 4 aromatic rings. The predicted octanol–water partition coefficient (Wildman–Crippen LogP) is 6.25. The Bertz CT molecular complexity index is 1380. The van der Waals surface area contributed by atoms with Crippen LogP contribution >= 0.6 is 0 Å². The molecule has 0 spiro atoms. The highest BCUT2D eigenvalue weighted by atomic mass is 16.6. The number of imidazole rings is 1. The molecule has 7 heteroatoms. The van der Waals surface area contributed by atoms with Gasteiger partial charge in [0, 0.05) is 25.6 Å². The van der Waals surface area contributed by atoms with Crippen LogP contribution in [0.1, 0.15) is 61.5 Å². The van der Waals surface area contributed by atoms with Crippen LogP contribution in [0.3, 0.4) is 0 Å². The quantitative estimate of drug-likeness (QED) is 0.185. The fourth-order valence-corrected chi connectivity index (χ4v) is 4.62. The minimum Gasteiger partial charge on any atom is -0.493 e. The summed E-state index contributed by atoms with van der Waals surface area (Å²) in [5, 5.41) is 10.5. The van der Waals surface area contributed by atoms with Gasteiger partial charge in [-0.2, -0.15) is 0 Å². The molecule has 0 saturated heterocycles. The third-order valence-electron chi connectivity index (χ3n) is 6.90. The summed E-state index contributed by atoms with van der Waals surface area (Å²) in [6, 6.07) is 25.3. The van der Waals surface area contributed by atoms with E-state index in [1.165, 1.54) is 5.56 Å². The number of para-hydroxylation sites is 1. The Labute approximate surface area is 242 Å². The number of aryl methyl sites for hydroxylation is 1. The summed E-state index contributed by atoms with van der Waals surface area (Å²) < 4.78 is 19.5. The minimum atomic E-state index is -1.17. The number of ether oxygens (including phenoxy) is 3. The number of hydrogen-bond donors (Lipinski definition) is 1. The average molecular weight is 557 g/mol. The van der Waals surface area contributed by atoms with E-state index in [1.807, 2.05) is 72.3 Å². The van der Waals surface area contributed by atoms with Gasteiger partial charge < -0.3 is 23.9 Å². The molecule has 2 atom stereocenters. The van der Waals surface area contributed by atoms with E-state index in [4.69, 9.17) is 19.2 Å². The van der Waals surface area contributed by atoms with E-state index >= 15 is 0 Å². The first-order valence-corrected chi connectivity index (χ1v) is 14.2. The number of aliphatic hydroxyl groups excluding tert-OH is 1. The topological polar surface area (TPSA) is 82.8 Å². The highest BCUT2D eigenvalue weighted by molar-refractivity contribution is 5.80. The summed E-state index contributed by atoms with van der Waals surface area (Å²) in [5.41, 5.74) is 3.01. The molecule has 0 bridgehead atoms. The molecule has 7 nitrogen and oxygen atoms in total. The summed E-state index contributed by atoms with van der Waals surface area (Å²) in [6.07, 6.45) is 2.94. The fourth-order valence-electron chi connectivity index (χ4n) is 4.62. The fraction of sp³-hybridized carbons (Fsp3) is 0.353. The van der Waals surface area contributed by atoms with E-state index in [9.17, 15) is 9.90 Å². The lowest BCUT2D eigenvalue weighted by atomic mass is 9.96. The highest BCUT2D eigenvalue weighted by Crippen LogP contribution is 2.25. The number of esters is 1. The van der Waals surface area contributed by atoms with Gasteiger partial charge in [-0.25, -0.2) is 9.78 Å². The van der Waals surface area contributed by atoms with Crippen molar-refractivity contribution in [1.29, 1.82) is 0 Å². The van der Waals surface area contributed by atoms with E-state index in [1.54, 1.807) is 13.8 Å². The number of carbonyl (C=O) groups excluding carboxylic acids is 1. The van der Waals surface area contributed by atoms with E-state index < -0.39 is 17.7 Å². The highest BCUT2D eigenvalue weighted by Gasteiger charge is 2.37. The first-order valence-electron chi connectivity index (χ1n) is 14.2. The molecular formula is C34H40N2O5. The zero-order valence-electron chi connectivity index (χ0n) is 24.4. The number of nitrogens with zero attached hydrogens (tertiary/aromatic N) is 2. The van der Waals surface area contributed by atoms with Gasteiger partial charge in [-0.15, -0.1) is 0 Å². The molecule has 0 amide bonds. The maximum atomic E-state index is 12.8. The third-order valence-corrected chi connectivity index (χ3v) is 6.90. The predicted molar refractivity (Wildman–Crippen MR) is 159 cm³/mol. The molecule has 0 fully saturated rings. The number of aromatic nitrogens is 2. The Kier molecular flexibility index (Phi) is 10.2. The summed E-state index contributed by atoms with van der Waals surface area (Å²) in [7, 11) is 0. The van der Waals surface area contributed by atoms with Crippen molar-refractivity contribution < 1.29 is 24.1 Å². The van der Waals surface area contributed by atoms with Crippen LogP contribution in [-0.2, 0) is 28.9 Å². The van der Waals surface area contributed by atoms with E-state index in [-0.39, 0.29) is 6.61 Å². The molecule has 0 aliphatic heterocycles. The SMILES string of the molecule is CCOC(=O)C(C)(Cc1ccc(OCCc2cn(Cc3ccc(C)cc3)c(C(O)CC)n2)cc1)Oc1ccccc1. The standard InChI is InChI=1S/C34H40N2O5/c1-5-31(37)32-35-28(24-36(32)23-27-14-12-25(3)13-15-27)20-21-40-29-18-16-26(17-19-29)22-34(4,33(38)39-6-2)41-30-10-8-7-9-11-30/h7-19,24,31,37H,5-6,20-23H2,1-4H3. The molecule has 1 N–H and O–H groups in total. The van der Waals surface area contributed by atoms with Crippen LogP contribution in [0.5, 0.6) is 11.5 Å². The lowest BCUT2D eigenvalue weighted by Gasteiger charge is -2.28. The van der Waals surface area contributed by atoms with Crippen molar-refractivity contribution in [3.63, 3.8) is 0 Å².